The van der Waals surface area contributed by atoms with Crippen molar-refractivity contribution in [2.24, 2.45) is 5.73 Å². The minimum absolute atomic E-state index is 0.118. The first kappa shape index (κ1) is 14.5. The summed E-state index contributed by atoms with van der Waals surface area (Å²) in [6, 6.07) is 3.18. The van der Waals surface area contributed by atoms with Crippen molar-refractivity contribution in [3.05, 3.63) is 17.7 Å². The average molecular weight is 279 g/mol. The van der Waals surface area contributed by atoms with E-state index in [1.807, 2.05) is 0 Å². The molecule has 0 saturated carbocycles. The molecule has 6 nitrogen and oxygen atoms in total. The number of hydrogen-bond acceptors (Lipinski definition) is 5. The molecule has 0 aliphatic carbocycles. The molecule has 0 spiro atoms. The standard InChI is InChI=1S/C14H21N3O3/c1-2-4-17-13-11(15)6-9(14(16)18)7-12(13)20-8-10-3-5-19-10/h6-7,10,17H,2-5,8,15H2,1H3,(H2,16,18). The van der Waals surface area contributed by atoms with Crippen LogP contribution in [0.15, 0.2) is 12.1 Å². The Labute approximate surface area is 118 Å². The molecule has 1 unspecified atom stereocenters. The molecule has 1 aromatic rings. The van der Waals surface area contributed by atoms with Crippen LogP contribution in [-0.2, 0) is 4.74 Å². The lowest BCUT2D eigenvalue weighted by Gasteiger charge is -2.27. The van der Waals surface area contributed by atoms with Crippen LogP contribution in [0.2, 0.25) is 0 Å². The third kappa shape index (κ3) is 3.33. The first-order valence-electron chi connectivity index (χ1n) is 6.83. The summed E-state index contributed by atoms with van der Waals surface area (Å²) in [5, 5.41) is 3.21. The Kier molecular flexibility index (Phi) is 4.68. The van der Waals surface area contributed by atoms with Crippen molar-refractivity contribution in [1.82, 2.24) is 0 Å². The van der Waals surface area contributed by atoms with E-state index in [1.165, 1.54) is 0 Å². The number of carbonyl (C=O) groups is 1. The fourth-order valence-corrected chi connectivity index (χ4v) is 1.93. The maximum Gasteiger partial charge on any atom is 0.248 e. The maximum atomic E-state index is 11.3. The Morgan fingerprint density at radius 3 is 2.85 bits per heavy atom. The van der Waals surface area contributed by atoms with Gasteiger partial charge in [0, 0.05) is 25.1 Å². The van der Waals surface area contributed by atoms with Crippen LogP contribution in [0.4, 0.5) is 11.4 Å². The van der Waals surface area contributed by atoms with Gasteiger partial charge < -0.3 is 26.3 Å². The van der Waals surface area contributed by atoms with Gasteiger partial charge in [0.15, 0.2) is 0 Å². The van der Waals surface area contributed by atoms with E-state index >= 15 is 0 Å². The van der Waals surface area contributed by atoms with E-state index in [1.54, 1.807) is 12.1 Å². The minimum Gasteiger partial charge on any atom is -0.489 e. The Bertz CT molecular complexity index is 487. The zero-order valence-electron chi connectivity index (χ0n) is 11.6. The van der Waals surface area contributed by atoms with Gasteiger partial charge in [0.05, 0.1) is 11.8 Å². The van der Waals surface area contributed by atoms with E-state index in [-0.39, 0.29) is 6.10 Å². The summed E-state index contributed by atoms with van der Waals surface area (Å²) in [6.45, 7) is 4.06. The second-order valence-corrected chi connectivity index (χ2v) is 4.82. The number of nitrogens with two attached hydrogens (primary N) is 2. The molecule has 2 rings (SSSR count). The van der Waals surface area contributed by atoms with Crippen LogP contribution in [0.3, 0.4) is 0 Å². The van der Waals surface area contributed by atoms with Gasteiger partial charge in [-0.3, -0.25) is 4.79 Å². The van der Waals surface area contributed by atoms with Crippen molar-refractivity contribution in [1.29, 1.82) is 0 Å². The molecule has 6 heteroatoms. The van der Waals surface area contributed by atoms with Crippen LogP contribution < -0.4 is 21.5 Å². The summed E-state index contributed by atoms with van der Waals surface area (Å²) in [5.74, 6) is 0.0197. The molecule has 0 bridgehead atoms. The molecule has 0 aromatic heterocycles. The summed E-state index contributed by atoms with van der Waals surface area (Å²) >= 11 is 0. The molecular formula is C14H21N3O3. The zero-order valence-corrected chi connectivity index (χ0v) is 11.6. The molecule has 0 radical (unpaired) electrons. The van der Waals surface area contributed by atoms with E-state index in [4.69, 9.17) is 20.9 Å². The number of primary amides is 1. The number of rotatable bonds is 7. The maximum absolute atomic E-state index is 11.3. The molecule has 1 aliphatic heterocycles. The molecule has 1 fully saturated rings. The van der Waals surface area contributed by atoms with Gasteiger partial charge in [-0.1, -0.05) is 6.92 Å². The average Bonchev–Trinajstić information content (AvgIpc) is 2.35. The van der Waals surface area contributed by atoms with Crippen LogP contribution in [0.25, 0.3) is 0 Å². The largest absolute Gasteiger partial charge is 0.489 e. The molecule has 5 N–H and O–H groups in total. The predicted molar refractivity (Wildman–Crippen MR) is 78.0 cm³/mol. The second kappa shape index (κ2) is 6.47. The molecule has 110 valence electrons. The fourth-order valence-electron chi connectivity index (χ4n) is 1.93. The number of ether oxygens (including phenoxy) is 2. The van der Waals surface area contributed by atoms with E-state index < -0.39 is 5.91 Å². The third-order valence-electron chi connectivity index (χ3n) is 3.19. The van der Waals surface area contributed by atoms with E-state index in [0.29, 0.717) is 29.3 Å². The number of nitrogen functional groups attached to an aromatic ring is 1. The summed E-state index contributed by atoms with van der Waals surface area (Å²) in [6.07, 6.45) is 2.07. The fraction of sp³-hybridized carbons (Fsp3) is 0.500. The van der Waals surface area contributed by atoms with Gasteiger partial charge in [-0.15, -0.1) is 0 Å². The molecule has 1 aromatic carbocycles. The smallest absolute Gasteiger partial charge is 0.248 e. The van der Waals surface area contributed by atoms with E-state index in [9.17, 15) is 4.79 Å². The van der Waals surface area contributed by atoms with E-state index in [0.717, 1.165) is 26.0 Å². The number of nitrogens with one attached hydrogen (secondary N) is 1. The minimum atomic E-state index is -0.525. The highest BCUT2D eigenvalue weighted by molar-refractivity contribution is 5.96. The zero-order chi connectivity index (χ0) is 14.5. The molecule has 1 heterocycles. The van der Waals surface area contributed by atoms with Crippen molar-refractivity contribution >= 4 is 17.3 Å². The Balaban J connectivity index is 2.19. The van der Waals surface area contributed by atoms with Crippen molar-refractivity contribution in [2.75, 3.05) is 30.8 Å². The predicted octanol–water partition coefficient (Wildman–Crippen LogP) is 1.36. The van der Waals surface area contributed by atoms with Crippen LogP contribution in [0.1, 0.15) is 30.1 Å². The highest BCUT2D eigenvalue weighted by atomic mass is 16.5. The lowest BCUT2D eigenvalue weighted by Crippen LogP contribution is -2.32. The van der Waals surface area contributed by atoms with Gasteiger partial charge in [-0.05, 0) is 18.6 Å². The molecule has 1 saturated heterocycles. The summed E-state index contributed by atoms with van der Waals surface area (Å²) < 4.78 is 11.0. The van der Waals surface area contributed by atoms with Gasteiger partial charge in [0.1, 0.15) is 18.0 Å². The van der Waals surface area contributed by atoms with Gasteiger partial charge in [-0.2, -0.15) is 0 Å². The van der Waals surface area contributed by atoms with Crippen LogP contribution in [0, 0.1) is 0 Å². The number of anilines is 2. The Morgan fingerprint density at radius 2 is 2.30 bits per heavy atom. The number of carbonyl (C=O) groups excluding carboxylic acids is 1. The number of amides is 1. The lowest BCUT2D eigenvalue weighted by molar-refractivity contribution is -0.0719. The van der Waals surface area contributed by atoms with Crippen molar-refractivity contribution in [3.8, 4) is 5.75 Å². The van der Waals surface area contributed by atoms with Gasteiger partial charge in [-0.25, -0.2) is 0 Å². The Hall–Kier alpha value is -1.95. The van der Waals surface area contributed by atoms with Crippen LogP contribution >= 0.6 is 0 Å². The van der Waals surface area contributed by atoms with Crippen molar-refractivity contribution < 1.29 is 14.3 Å². The highest BCUT2D eigenvalue weighted by Crippen LogP contribution is 2.33. The quantitative estimate of drug-likeness (QED) is 0.654. The third-order valence-corrected chi connectivity index (χ3v) is 3.19. The first-order chi connectivity index (χ1) is 9.61. The lowest BCUT2D eigenvalue weighted by atomic mass is 10.1. The summed E-state index contributed by atoms with van der Waals surface area (Å²) in [5.41, 5.74) is 12.8. The second-order valence-electron chi connectivity index (χ2n) is 4.82. The topological polar surface area (TPSA) is 99.6 Å². The number of hydrogen-bond donors (Lipinski definition) is 3. The van der Waals surface area contributed by atoms with Crippen LogP contribution in [-0.4, -0.2) is 31.8 Å². The summed E-state index contributed by atoms with van der Waals surface area (Å²) in [4.78, 5) is 11.3. The molecule has 1 aliphatic rings. The number of benzene rings is 1. The van der Waals surface area contributed by atoms with Gasteiger partial charge in [0.25, 0.3) is 0 Å². The highest BCUT2D eigenvalue weighted by Gasteiger charge is 2.20. The SMILES string of the molecule is CCCNc1c(N)cc(C(N)=O)cc1OCC1CCO1. The normalized spacial score (nSPS) is 17.4. The van der Waals surface area contributed by atoms with Crippen LogP contribution in [0.5, 0.6) is 5.75 Å². The molecule has 1 atom stereocenters. The summed E-state index contributed by atoms with van der Waals surface area (Å²) in [7, 11) is 0. The molecule has 1 amide bonds. The first-order valence-corrected chi connectivity index (χ1v) is 6.83. The van der Waals surface area contributed by atoms with Crippen molar-refractivity contribution in [2.45, 2.75) is 25.9 Å². The Morgan fingerprint density at radius 1 is 1.55 bits per heavy atom. The van der Waals surface area contributed by atoms with Gasteiger partial charge >= 0.3 is 0 Å². The van der Waals surface area contributed by atoms with E-state index in [2.05, 4.69) is 12.2 Å². The molecular weight excluding hydrogens is 258 g/mol. The monoisotopic (exact) mass is 279 g/mol. The molecule has 20 heavy (non-hydrogen) atoms. The van der Waals surface area contributed by atoms with Crippen molar-refractivity contribution in [3.63, 3.8) is 0 Å². The van der Waals surface area contributed by atoms with Gasteiger partial charge in [0.2, 0.25) is 5.91 Å².